The Bertz CT molecular complexity index is 462. The van der Waals surface area contributed by atoms with Gasteiger partial charge < -0.3 is 5.73 Å². The van der Waals surface area contributed by atoms with E-state index in [2.05, 4.69) is 10.2 Å². The maximum Gasteiger partial charge on any atom is 0.126 e. The van der Waals surface area contributed by atoms with Crippen molar-refractivity contribution < 1.29 is 4.39 Å². The van der Waals surface area contributed by atoms with Crippen LogP contribution in [0.4, 0.5) is 10.2 Å². The van der Waals surface area contributed by atoms with E-state index < -0.39 is 6.17 Å². The molecule has 0 radical (unpaired) electrons. The van der Waals surface area contributed by atoms with Gasteiger partial charge in [-0.1, -0.05) is 18.2 Å². The van der Waals surface area contributed by atoms with Gasteiger partial charge in [0.05, 0.1) is 6.20 Å². The summed E-state index contributed by atoms with van der Waals surface area (Å²) in [5.41, 5.74) is 8.01. The fraction of sp³-hybridized carbons (Fsp3) is 0.182. The topological polar surface area (TPSA) is 54.7 Å². The number of aromatic nitrogens is 2. The van der Waals surface area contributed by atoms with E-state index in [0.717, 1.165) is 11.1 Å². The fourth-order valence-electron chi connectivity index (χ4n) is 1.48. The van der Waals surface area contributed by atoms with Gasteiger partial charge in [0.15, 0.2) is 0 Å². The molecule has 0 saturated carbocycles. The number of nitrogens with one attached hydrogen (secondary N) is 1. The molecule has 0 aliphatic heterocycles. The highest BCUT2D eigenvalue weighted by atomic mass is 19.1. The zero-order valence-corrected chi connectivity index (χ0v) is 8.37. The van der Waals surface area contributed by atoms with Crippen LogP contribution >= 0.6 is 0 Å². The molecule has 0 amide bonds. The molecule has 2 rings (SSSR count). The van der Waals surface area contributed by atoms with Gasteiger partial charge in [0.1, 0.15) is 12.0 Å². The van der Waals surface area contributed by atoms with Crippen LogP contribution in [0.1, 0.15) is 18.7 Å². The van der Waals surface area contributed by atoms with Crippen molar-refractivity contribution in [2.75, 3.05) is 5.73 Å². The van der Waals surface area contributed by atoms with E-state index >= 15 is 0 Å². The molecule has 2 aromatic rings. The number of H-pyrrole nitrogens is 1. The third kappa shape index (κ3) is 1.83. The predicted molar refractivity (Wildman–Crippen MR) is 58.0 cm³/mol. The van der Waals surface area contributed by atoms with Gasteiger partial charge in [-0.05, 0) is 24.1 Å². The Balaban J connectivity index is 2.46. The highest BCUT2D eigenvalue weighted by molar-refractivity contribution is 5.73. The summed E-state index contributed by atoms with van der Waals surface area (Å²) in [6.07, 6.45) is 0.662. The average molecular weight is 205 g/mol. The van der Waals surface area contributed by atoms with Crippen LogP contribution in [-0.2, 0) is 0 Å². The number of hydrogen-bond acceptors (Lipinski definition) is 2. The van der Waals surface area contributed by atoms with E-state index in [1.54, 1.807) is 18.3 Å². The van der Waals surface area contributed by atoms with Crippen molar-refractivity contribution >= 4 is 5.82 Å². The van der Waals surface area contributed by atoms with Crippen LogP contribution in [0, 0.1) is 0 Å². The molecule has 1 aromatic heterocycles. The van der Waals surface area contributed by atoms with Crippen LogP contribution < -0.4 is 5.73 Å². The maximum atomic E-state index is 13.1. The fourth-order valence-corrected chi connectivity index (χ4v) is 1.48. The summed E-state index contributed by atoms with van der Waals surface area (Å²) < 4.78 is 13.1. The molecule has 0 aliphatic rings. The number of nitrogens with zero attached hydrogens (tertiary/aromatic N) is 1. The van der Waals surface area contributed by atoms with Gasteiger partial charge in [0.2, 0.25) is 0 Å². The van der Waals surface area contributed by atoms with E-state index in [9.17, 15) is 4.39 Å². The van der Waals surface area contributed by atoms with Gasteiger partial charge in [-0.15, -0.1) is 0 Å². The Hall–Kier alpha value is -1.84. The lowest BCUT2D eigenvalue weighted by Gasteiger charge is -2.05. The monoisotopic (exact) mass is 205 g/mol. The molecule has 1 atom stereocenters. The minimum Gasteiger partial charge on any atom is -0.384 e. The molecule has 0 bridgehead atoms. The second kappa shape index (κ2) is 3.73. The predicted octanol–water partition coefficient (Wildman–Crippen LogP) is 2.69. The molecule has 15 heavy (non-hydrogen) atoms. The van der Waals surface area contributed by atoms with Gasteiger partial charge in [-0.2, -0.15) is 5.10 Å². The lowest BCUT2D eigenvalue weighted by molar-refractivity contribution is 0.374. The lowest BCUT2D eigenvalue weighted by atomic mass is 10.0. The summed E-state index contributed by atoms with van der Waals surface area (Å²) in [7, 11) is 0. The standard InChI is InChI=1S/C11H12FN3/c1-7(12)8-3-2-4-9(5-8)10-6-14-15-11(10)13/h2-7H,1H3,(H3,13,14,15). The number of rotatable bonds is 2. The van der Waals surface area contributed by atoms with Crippen LogP contribution in [0.25, 0.3) is 11.1 Å². The van der Waals surface area contributed by atoms with Crippen molar-refractivity contribution in [3.8, 4) is 11.1 Å². The van der Waals surface area contributed by atoms with Crippen molar-refractivity contribution in [3.63, 3.8) is 0 Å². The van der Waals surface area contributed by atoms with Gasteiger partial charge >= 0.3 is 0 Å². The number of hydrogen-bond donors (Lipinski definition) is 2. The molecule has 0 saturated heterocycles. The summed E-state index contributed by atoms with van der Waals surface area (Å²) in [4.78, 5) is 0. The minimum absolute atomic E-state index is 0.499. The van der Waals surface area contributed by atoms with E-state index in [4.69, 9.17) is 5.73 Å². The molecule has 3 nitrogen and oxygen atoms in total. The molecule has 1 aromatic carbocycles. The van der Waals surface area contributed by atoms with Gasteiger partial charge in [-0.3, -0.25) is 5.10 Å². The van der Waals surface area contributed by atoms with Crippen molar-refractivity contribution in [2.24, 2.45) is 0 Å². The van der Waals surface area contributed by atoms with Crippen LogP contribution in [0.3, 0.4) is 0 Å². The molecular formula is C11H12FN3. The Morgan fingerprint density at radius 1 is 1.47 bits per heavy atom. The molecule has 4 heteroatoms. The number of benzene rings is 1. The largest absolute Gasteiger partial charge is 0.384 e. The molecule has 1 unspecified atom stereocenters. The molecular weight excluding hydrogens is 193 g/mol. The maximum absolute atomic E-state index is 13.1. The normalized spacial score (nSPS) is 12.7. The smallest absolute Gasteiger partial charge is 0.126 e. The zero-order valence-electron chi connectivity index (χ0n) is 8.37. The molecule has 3 N–H and O–H groups in total. The van der Waals surface area contributed by atoms with Gasteiger partial charge in [-0.25, -0.2) is 4.39 Å². The second-order valence-electron chi connectivity index (χ2n) is 3.44. The molecule has 78 valence electrons. The SMILES string of the molecule is CC(F)c1cccc(-c2cn[nH]c2N)c1. The first-order valence-electron chi connectivity index (χ1n) is 4.71. The van der Waals surface area contributed by atoms with Crippen LogP contribution in [-0.4, -0.2) is 10.2 Å². The Morgan fingerprint density at radius 2 is 2.27 bits per heavy atom. The van der Waals surface area contributed by atoms with Crippen LogP contribution in [0.2, 0.25) is 0 Å². The van der Waals surface area contributed by atoms with Crippen molar-refractivity contribution in [1.29, 1.82) is 0 Å². The quantitative estimate of drug-likeness (QED) is 0.791. The zero-order chi connectivity index (χ0) is 10.8. The third-order valence-electron chi connectivity index (χ3n) is 2.33. The molecule has 1 heterocycles. The van der Waals surface area contributed by atoms with E-state index in [1.165, 1.54) is 6.92 Å². The number of nitrogen functional groups attached to an aromatic ring is 1. The molecule has 0 spiro atoms. The second-order valence-corrected chi connectivity index (χ2v) is 3.44. The summed E-state index contributed by atoms with van der Waals surface area (Å²) in [5, 5.41) is 6.48. The number of anilines is 1. The summed E-state index contributed by atoms with van der Waals surface area (Å²) in [6, 6.07) is 7.23. The molecule has 0 fully saturated rings. The van der Waals surface area contributed by atoms with Crippen molar-refractivity contribution in [3.05, 3.63) is 36.0 Å². The Morgan fingerprint density at radius 3 is 2.87 bits per heavy atom. The Kier molecular flexibility index (Phi) is 2.41. The van der Waals surface area contributed by atoms with Crippen molar-refractivity contribution in [2.45, 2.75) is 13.1 Å². The van der Waals surface area contributed by atoms with E-state index in [0.29, 0.717) is 11.4 Å². The highest BCUT2D eigenvalue weighted by Crippen LogP contribution is 2.27. The van der Waals surface area contributed by atoms with E-state index in [1.807, 2.05) is 12.1 Å². The first-order chi connectivity index (χ1) is 7.18. The summed E-state index contributed by atoms with van der Waals surface area (Å²) in [6.45, 7) is 1.51. The number of aromatic amines is 1. The molecule has 0 aliphatic carbocycles. The van der Waals surface area contributed by atoms with Crippen LogP contribution in [0.5, 0.6) is 0 Å². The van der Waals surface area contributed by atoms with Crippen molar-refractivity contribution in [1.82, 2.24) is 10.2 Å². The van der Waals surface area contributed by atoms with Gasteiger partial charge in [0, 0.05) is 5.56 Å². The summed E-state index contributed by atoms with van der Waals surface area (Å²) in [5.74, 6) is 0.499. The Labute approximate surface area is 87.1 Å². The number of halogens is 1. The van der Waals surface area contributed by atoms with Gasteiger partial charge in [0.25, 0.3) is 0 Å². The number of alkyl halides is 1. The first kappa shape index (κ1) is 9.71. The average Bonchev–Trinajstić information content (AvgIpc) is 2.64. The third-order valence-corrected chi connectivity index (χ3v) is 2.33. The van der Waals surface area contributed by atoms with Crippen LogP contribution in [0.15, 0.2) is 30.5 Å². The number of nitrogens with two attached hydrogens (primary N) is 1. The lowest BCUT2D eigenvalue weighted by Crippen LogP contribution is -1.89. The van der Waals surface area contributed by atoms with E-state index in [-0.39, 0.29) is 0 Å². The summed E-state index contributed by atoms with van der Waals surface area (Å²) >= 11 is 0. The highest BCUT2D eigenvalue weighted by Gasteiger charge is 2.07. The minimum atomic E-state index is -0.974. The first-order valence-corrected chi connectivity index (χ1v) is 4.71.